The number of aliphatic hydroxyl groups excluding tert-OH is 2. The van der Waals surface area contributed by atoms with Crippen molar-refractivity contribution >= 4 is 28.0 Å². The molecule has 1 aliphatic carbocycles. The summed E-state index contributed by atoms with van der Waals surface area (Å²) in [5, 5.41) is 22.8. The normalized spacial score (nSPS) is 24.9. The number of rotatable bonds is 2. The molecule has 226 valence electrons. The number of piperidine rings is 1. The molecule has 1 saturated carbocycles. The van der Waals surface area contributed by atoms with Gasteiger partial charge in [-0.1, -0.05) is 24.3 Å². The molecule has 10 heteroatoms. The smallest absolute Gasteiger partial charge is 0.254 e. The Labute approximate surface area is 254 Å². The van der Waals surface area contributed by atoms with Crippen LogP contribution in [0, 0.1) is 0 Å². The van der Waals surface area contributed by atoms with E-state index < -0.39 is 12.2 Å². The van der Waals surface area contributed by atoms with Crippen molar-refractivity contribution < 1.29 is 19.7 Å². The van der Waals surface area contributed by atoms with Crippen LogP contribution in [0.5, 0.6) is 5.75 Å². The van der Waals surface area contributed by atoms with Gasteiger partial charge < -0.3 is 34.7 Å². The van der Waals surface area contributed by atoms with E-state index in [1.54, 1.807) is 13.3 Å². The Balaban J connectivity index is 1.34. The summed E-state index contributed by atoms with van der Waals surface area (Å²) >= 11 is 0. The van der Waals surface area contributed by atoms with Crippen LogP contribution in [0.2, 0.25) is 0 Å². The molecule has 4 N–H and O–H groups in total. The van der Waals surface area contributed by atoms with Gasteiger partial charge in [0.2, 0.25) is 0 Å². The molecule has 2 aliphatic heterocycles. The molecular formula is C34H36N6O4. The number of imidazole rings is 1. The second-order valence-corrected chi connectivity index (χ2v) is 12.6. The third kappa shape index (κ3) is 4.31. The number of pyridine rings is 1. The van der Waals surface area contributed by atoms with Crippen LogP contribution < -0.4 is 10.5 Å². The predicted octanol–water partition coefficient (Wildman–Crippen LogP) is 4.00. The van der Waals surface area contributed by atoms with Crippen LogP contribution in [-0.2, 0) is 13.1 Å². The summed E-state index contributed by atoms with van der Waals surface area (Å²) in [6.07, 6.45) is 3.65. The van der Waals surface area contributed by atoms with Gasteiger partial charge in [-0.15, -0.1) is 0 Å². The monoisotopic (exact) mass is 592 g/mol. The number of carbonyl (C=O) groups is 1. The molecule has 44 heavy (non-hydrogen) atoms. The number of fused-ring (bicyclic) bond motifs is 10. The maximum absolute atomic E-state index is 13.7. The number of nitrogens with two attached hydrogens (primary N) is 1. The van der Waals surface area contributed by atoms with Crippen molar-refractivity contribution in [3.05, 3.63) is 77.5 Å². The Morgan fingerprint density at radius 3 is 2.75 bits per heavy atom. The lowest BCUT2D eigenvalue weighted by molar-refractivity contribution is 0.0119. The molecule has 1 saturated heterocycles. The molecule has 2 fully saturated rings. The summed E-state index contributed by atoms with van der Waals surface area (Å²) in [6, 6.07) is 17.6. The highest BCUT2D eigenvalue weighted by Gasteiger charge is 2.60. The highest BCUT2D eigenvalue weighted by Crippen LogP contribution is 2.47. The van der Waals surface area contributed by atoms with Crippen molar-refractivity contribution in [3.8, 4) is 17.3 Å². The minimum Gasteiger partial charge on any atom is -0.494 e. The predicted molar refractivity (Wildman–Crippen MR) is 166 cm³/mol. The van der Waals surface area contributed by atoms with E-state index >= 15 is 0 Å². The number of nitrogens with zero attached hydrogens (tertiary/aromatic N) is 5. The van der Waals surface area contributed by atoms with Crippen LogP contribution in [-0.4, -0.2) is 71.5 Å². The molecule has 5 heterocycles. The molecule has 0 unspecified atom stereocenters. The lowest BCUT2D eigenvalue weighted by Crippen LogP contribution is -2.32. The minimum atomic E-state index is -0.978. The quantitative estimate of drug-likeness (QED) is 0.282. The number of aryl methyl sites for hydroxylation is 1. The maximum Gasteiger partial charge on any atom is 0.254 e. The number of methoxy groups -OCH3 is 1. The van der Waals surface area contributed by atoms with Crippen LogP contribution in [0.25, 0.3) is 33.6 Å². The largest absolute Gasteiger partial charge is 0.494 e. The van der Waals surface area contributed by atoms with E-state index in [2.05, 4.69) is 21.3 Å². The van der Waals surface area contributed by atoms with E-state index in [9.17, 15) is 15.0 Å². The lowest BCUT2D eigenvalue weighted by atomic mass is 9.98. The van der Waals surface area contributed by atoms with E-state index in [1.807, 2.05) is 47.4 Å². The van der Waals surface area contributed by atoms with Crippen molar-refractivity contribution in [2.45, 2.75) is 69.0 Å². The number of hydrogen-bond acceptors (Lipinski definition) is 7. The molecule has 0 spiro atoms. The van der Waals surface area contributed by atoms with E-state index in [0.717, 1.165) is 59.3 Å². The Hall–Kier alpha value is -4.25. The first-order valence-electron chi connectivity index (χ1n) is 15.4. The van der Waals surface area contributed by atoms with Crippen molar-refractivity contribution in [2.24, 2.45) is 5.73 Å². The minimum absolute atomic E-state index is 0.0481. The fourth-order valence-corrected chi connectivity index (χ4v) is 7.30. The number of aromatic nitrogens is 4. The van der Waals surface area contributed by atoms with Gasteiger partial charge in [-0.25, -0.2) is 9.97 Å². The average Bonchev–Trinajstić information content (AvgIpc) is 3.29. The summed E-state index contributed by atoms with van der Waals surface area (Å²) in [4.78, 5) is 25.5. The van der Waals surface area contributed by atoms with Crippen LogP contribution in [0.1, 0.15) is 59.7 Å². The van der Waals surface area contributed by atoms with E-state index in [4.69, 9.17) is 20.4 Å². The van der Waals surface area contributed by atoms with Crippen molar-refractivity contribution in [1.29, 1.82) is 0 Å². The fourth-order valence-electron chi connectivity index (χ4n) is 7.30. The standard InChI is InChI=1S/C34H36N6O4/c1-44-27-17-23(33(43)39-13-10-34(35)18-28(34)39)15-24-29(27)40-19-20-6-4-7-21(14-20)30(42)26(41)9-2-3-12-38-25(32(40)37-24)16-22-8-5-11-36-31(22)38/h4-8,11,14-17,26,28,30,41-42H,2-3,9-10,12-13,18-19,35H2,1H3/t26-,28-,30+,34-/m1/s1. The van der Waals surface area contributed by atoms with Gasteiger partial charge >= 0.3 is 0 Å². The number of carbonyl (C=O) groups excluding carboxylic acids is 1. The number of likely N-dealkylation sites (tertiary alicyclic amines) is 1. The zero-order chi connectivity index (χ0) is 30.2. The van der Waals surface area contributed by atoms with Gasteiger partial charge in [0.1, 0.15) is 23.0 Å². The Morgan fingerprint density at radius 2 is 1.95 bits per heavy atom. The topological polar surface area (TPSA) is 132 Å². The van der Waals surface area contributed by atoms with E-state index in [-0.39, 0.29) is 17.5 Å². The first kappa shape index (κ1) is 27.3. The van der Waals surface area contributed by atoms with Gasteiger partial charge in [-0.2, -0.15) is 0 Å². The first-order valence-corrected chi connectivity index (χ1v) is 15.4. The SMILES string of the molecule is COc1cc(C(=O)N2CC[C@@]3(N)C[C@@H]23)cc2nc3n(c12)Cc1cccc(c1)[C@H](O)[C@H](O)CCCCn1c-3cc2cccnc21. The third-order valence-electron chi connectivity index (χ3n) is 9.82. The Morgan fingerprint density at radius 1 is 1.07 bits per heavy atom. The van der Waals surface area contributed by atoms with Crippen LogP contribution in [0.15, 0.2) is 60.8 Å². The molecule has 1 amide bonds. The van der Waals surface area contributed by atoms with Gasteiger partial charge in [-0.05, 0) is 73.6 Å². The summed E-state index contributed by atoms with van der Waals surface area (Å²) in [7, 11) is 1.62. The molecule has 5 aromatic rings. The highest BCUT2D eigenvalue weighted by atomic mass is 16.5. The van der Waals surface area contributed by atoms with E-state index in [1.165, 1.54) is 0 Å². The first-order chi connectivity index (χ1) is 21.3. The zero-order valence-electron chi connectivity index (χ0n) is 24.7. The van der Waals surface area contributed by atoms with Gasteiger partial charge in [-0.3, -0.25) is 4.79 Å². The maximum atomic E-state index is 13.7. The van der Waals surface area contributed by atoms with Crippen molar-refractivity contribution in [3.63, 3.8) is 0 Å². The van der Waals surface area contributed by atoms with Gasteiger partial charge in [0, 0.05) is 42.3 Å². The molecule has 3 aliphatic rings. The number of hydrogen-bond donors (Lipinski definition) is 3. The average molecular weight is 593 g/mol. The second-order valence-electron chi connectivity index (χ2n) is 12.6. The highest BCUT2D eigenvalue weighted by molar-refractivity contribution is 6.01. The van der Waals surface area contributed by atoms with Crippen molar-refractivity contribution in [1.82, 2.24) is 24.0 Å². The lowest BCUT2D eigenvalue weighted by Gasteiger charge is -2.21. The van der Waals surface area contributed by atoms with Crippen LogP contribution in [0.3, 0.4) is 0 Å². The van der Waals surface area contributed by atoms with Crippen molar-refractivity contribution in [2.75, 3.05) is 13.7 Å². The summed E-state index contributed by atoms with van der Waals surface area (Å²) < 4.78 is 10.3. The molecule has 2 bridgehead atoms. The number of aliphatic hydroxyl groups is 2. The molecule has 8 rings (SSSR count). The van der Waals surface area contributed by atoms with Crippen LogP contribution >= 0.6 is 0 Å². The molecular weight excluding hydrogens is 556 g/mol. The van der Waals surface area contributed by atoms with E-state index in [0.29, 0.717) is 48.4 Å². The Kier molecular flexibility index (Phi) is 6.30. The molecule has 3 aromatic heterocycles. The summed E-state index contributed by atoms with van der Waals surface area (Å²) in [5.74, 6) is 1.26. The molecule has 2 aromatic carbocycles. The van der Waals surface area contributed by atoms with Gasteiger partial charge in [0.05, 0.1) is 30.5 Å². The van der Waals surface area contributed by atoms with Gasteiger partial charge in [0.15, 0.2) is 5.82 Å². The third-order valence-corrected chi connectivity index (χ3v) is 9.82. The number of amides is 1. The molecule has 4 atom stereocenters. The second kappa shape index (κ2) is 10.2. The fraction of sp³-hybridized carbons (Fsp3) is 0.382. The van der Waals surface area contributed by atoms with Crippen LogP contribution in [0.4, 0.5) is 0 Å². The molecule has 10 nitrogen and oxygen atoms in total. The number of benzene rings is 2. The number of ether oxygens (including phenoxy) is 1. The Bertz CT molecular complexity index is 1930. The van der Waals surface area contributed by atoms with Gasteiger partial charge in [0.25, 0.3) is 5.91 Å². The molecule has 0 radical (unpaired) electrons. The zero-order valence-corrected chi connectivity index (χ0v) is 24.7. The summed E-state index contributed by atoms with van der Waals surface area (Å²) in [5.41, 5.74) is 11.6. The summed E-state index contributed by atoms with van der Waals surface area (Å²) in [6.45, 7) is 1.76.